The van der Waals surface area contributed by atoms with Gasteiger partial charge in [0.15, 0.2) is 5.43 Å². The largest absolute Gasteiger partial charge is 0.495 e. The zero-order valence-corrected chi connectivity index (χ0v) is 21.7. The van der Waals surface area contributed by atoms with Crippen LogP contribution in [0, 0.1) is 6.92 Å². The van der Waals surface area contributed by atoms with E-state index in [0.717, 1.165) is 62.6 Å². The lowest BCUT2D eigenvalue weighted by Gasteiger charge is -2.36. The fourth-order valence-electron chi connectivity index (χ4n) is 5.13. The van der Waals surface area contributed by atoms with Crippen LogP contribution in [0.1, 0.15) is 17.5 Å². The number of methoxy groups -OCH3 is 1. The molecule has 0 radical (unpaired) electrons. The molecule has 1 aliphatic heterocycles. The summed E-state index contributed by atoms with van der Waals surface area (Å²) in [5, 5.41) is 4.20. The molecule has 2 heterocycles. The smallest absolute Gasteiger partial charge is 0.196 e. The average molecular weight is 498 g/mol. The van der Waals surface area contributed by atoms with Crippen molar-refractivity contribution in [1.82, 2.24) is 10.2 Å². The summed E-state index contributed by atoms with van der Waals surface area (Å²) in [6, 6.07) is 23.9. The Morgan fingerprint density at radius 2 is 1.68 bits per heavy atom. The summed E-state index contributed by atoms with van der Waals surface area (Å²) < 4.78 is 11.9. The van der Waals surface area contributed by atoms with Crippen molar-refractivity contribution in [2.45, 2.75) is 19.9 Å². The maximum absolute atomic E-state index is 13.1. The minimum Gasteiger partial charge on any atom is -0.495 e. The molecule has 1 aromatic heterocycles. The van der Waals surface area contributed by atoms with E-state index in [4.69, 9.17) is 9.15 Å². The summed E-state index contributed by atoms with van der Waals surface area (Å²) in [6.45, 7) is 8.59. The van der Waals surface area contributed by atoms with Crippen LogP contribution >= 0.6 is 0 Å². The molecule has 0 spiro atoms. The molecule has 37 heavy (non-hydrogen) atoms. The quantitative estimate of drug-likeness (QED) is 0.326. The average Bonchev–Trinajstić information content (AvgIpc) is 2.95. The Bertz CT molecular complexity index is 1390. The van der Waals surface area contributed by atoms with Gasteiger partial charge in [0.25, 0.3) is 0 Å². The number of benzene rings is 3. The lowest BCUT2D eigenvalue weighted by atomic mass is 10.0. The first-order chi connectivity index (χ1) is 18.2. The molecule has 1 aliphatic rings. The number of hydrogen-bond acceptors (Lipinski definition) is 6. The van der Waals surface area contributed by atoms with Gasteiger partial charge in [0.05, 0.1) is 18.2 Å². The molecule has 0 bridgehead atoms. The molecule has 3 aromatic carbocycles. The number of nitrogens with one attached hydrogen (secondary N) is 1. The Morgan fingerprint density at radius 1 is 0.919 bits per heavy atom. The van der Waals surface area contributed by atoms with Crippen LogP contribution in [-0.2, 0) is 6.54 Å². The number of anilines is 1. The van der Waals surface area contributed by atoms with Crippen molar-refractivity contribution in [3.8, 4) is 17.1 Å². The summed E-state index contributed by atoms with van der Waals surface area (Å²) in [6.07, 6.45) is 1.07. The fourth-order valence-corrected chi connectivity index (χ4v) is 5.13. The van der Waals surface area contributed by atoms with E-state index in [-0.39, 0.29) is 5.43 Å². The number of hydrogen-bond donors (Lipinski definition) is 1. The molecular formula is C31H35N3O3. The van der Waals surface area contributed by atoms with E-state index < -0.39 is 0 Å². The van der Waals surface area contributed by atoms with Crippen LogP contribution < -0.4 is 20.4 Å². The van der Waals surface area contributed by atoms with Crippen molar-refractivity contribution < 1.29 is 9.15 Å². The first kappa shape index (κ1) is 25.1. The summed E-state index contributed by atoms with van der Waals surface area (Å²) in [4.78, 5) is 18.0. The molecule has 5 rings (SSSR count). The Morgan fingerprint density at radius 3 is 2.46 bits per heavy atom. The van der Waals surface area contributed by atoms with Crippen LogP contribution in [0.5, 0.6) is 5.75 Å². The Kier molecular flexibility index (Phi) is 7.87. The van der Waals surface area contributed by atoms with Crippen LogP contribution in [0.2, 0.25) is 0 Å². The third-order valence-electron chi connectivity index (χ3n) is 7.20. The van der Waals surface area contributed by atoms with E-state index in [2.05, 4.69) is 27.2 Å². The molecule has 0 unspecified atom stereocenters. The predicted molar refractivity (Wildman–Crippen MR) is 151 cm³/mol. The Balaban J connectivity index is 1.15. The minimum atomic E-state index is 0.0363. The lowest BCUT2D eigenvalue weighted by molar-refractivity contribution is 0.253. The third kappa shape index (κ3) is 5.55. The van der Waals surface area contributed by atoms with Gasteiger partial charge in [-0.2, -0.15) is 0 Å². The first-order valence-electron chi connectivity index (χ1n) is 13.1. The lowest BCUT2D eigenvalue weighted by Crippen LogP contribution is -2.47. The number of nitrogens with zero attached hydrogens (tertiary/aromatic N) is 2. The van der Waals surface area contributed by atoms with E-state index in [9.17, 15) is 4.79 Å². The molecular weight excluding hydrogens is 462 g/mol. The highest BCUT2D eigenvalue weighted by molar-refractivity contribution is 5.83. The topological polar surface area (TPSA) is 58.0 Å². The van der Waals surface area contributed by atoms with Crippen LogP contribution in [-0.4, -0.2) is 51.3 Å². The summed E-state index contributed by atoms with van der Waals surface area (Å²) in [5.41, 5.74) is 4.48. The molecule has 0 saturated carbocycles. The van der Waals surface area contributed by atoms with E-state index in [0.29, 0.717) is 28.8 Å². The van der Waals surface area contributed by atoms with Gasteiger partial charge in [-0.05, 0) is 44.6 Å². The second-order valence-electron chi connectivity index (χ2n) is 9.58. The Labute approximate surface area is 218 Å². The van der Waals surface area contributed by atoms with E-state index >= 15 is 0 Å². The van der Waals surface area contributed by atoms with Crippen LogP contribution in [0.3, 0.4) is 0 Å². The highest BCUT2D eigenvalue weighted by Crippen LogP contribution is 2.29. The number of ether oxygens (including phenoxy) is 1. The number of rotatable bonds is 9. The highest BCUT2D eigenvalue weighted by Gasteiger charge is 2.19. The molecule has 6 heteroatoms. The number of para-hydroxylation sites is 3. The number of fused-ring (bicyclic) bond motifs is 1. The zero-order chi connectivity index (χ0) is 25.6. The second kappa shape index (κ2) is 11.6. The SMILES string of the molecule is COc1ccccc1N1CCN(CCCNCc2cccc3c(=O)c(C)c(-c4ccccc4)oc23)CC1. The van der Waals surface area contributed by atoms with Crippen LogP contribution in [0.15, 0.2) is 82.0 Å². The van der Waals surface area contributed by atoms with Gasteiger partial charge in [0, 0.05) is 49.4 Å². The standard InChI is InChI=1S/C31H35N3O3/c1-23-29(35)26-13-8-12-25(31(26)37-30(23)24-10-4-3-5-11-24)22-32-16-9-17-33-18-20-34(21-19-33)27-14-6-7-15-28(27)36-2/h3-8,10-15,32H,9,16-22H2,1-2H3. The van der Waals surface area contributed by atoms with Gasteiger partial charge < -0.3 is 19.4 Å². The van der Waals surface area contributed by atoms with Gasteiger partial charge >= 0.3 is 0 Å². The van der Waals surface area contributed by atoms with Gasteiger partial charge in [-0.25, -0.2) is 0 Å². The molecule has 192 valence electrons. The van der Waals surface area contributed by atoms with E-state index in [1.807, 2.05) is 67.6 Å². The maximum atomic E-state index is 13.1. The van der Waals surface area contributed by atoms with Crippen molar-refractivity contribution in [2.75, 3.05) is 51.3 Å². The normalized spacial score (nSPS) is 14.3. The third-order valence-corrected chi connectivity index (χ3v) is 7.20. The molecule has 1 saturated heterocycles. The zero-order valence-electron chi connectivity index (χ0n) is 21.7. The van der Waals surface area contributed by atoms with Gasteiger partial charge in [-0.15, -0.1) is 0 Å². The molecule has 1 N–H and O–H groups in total. The fraction of sp³-hybridized carbons (Fsp3) is 0.323. The van der Waals surface area contributed by atoms with Crippen molar-refractivity contribution >= 4 is 16.7 Å². The Hall–Kier alpha value is -3.61. The van der Waals surface area contributed by atoms with Gasteiger partial charge in [-0.3, -0.25) is 9.69 Å². The minimum absolute atomic E-state index is 0.0363. The molecule has 0 atom stereocenters. The summed E-state index contributed by atoms with van der Waals surface area (Å²) >= 11 is 0. The van der Waals surface area contributed by atoms with Gasteiger partial charge in [-0.1, -0.05) is 54.6 Å². The molecule has 1 fully saturated rings. The molecule has 4 aromatic rings. The first-order valence-corrected chi connectivity index (χ1v) is 13.1. The van der Waals surface area contributed by atoms with Crippen molar-refractivity contribution in [3.05, 3.63) is 94.1 Å². The van der Waals surface area contributed by atoms with Crippen LogP contribution in [0.4, 0.5) is 5.69 Å². The summed E-state index contributed by atoms with van der Waals surface area (Å²) in [7, 11) is 1.73. The van der Waals surface area contributed by atoms with Gasteiger partial charge in [0.2, 0.25) is 0 Å². The number of piperazine rings is 1. The maximum Gasteiger partial charge on any atom is 0.196 e. The van der Waals surface area contributed by atoms with Crippen molar-refractivity contribution in [1.29, 1.82) is 0 Å². The predicted octanol–water partition coefficient (Wildman–Crippen LogP) is 5.08. The van der Waals surface area contributed by atoms with Gasteiger partial charge in [0.1, 0.15) is 17.1 Å². The van der Waals surface area contributed by atoms with E-state index in [1.54, 1.807) is 7.11 Å². The monoisotopic (exact) mass is 497 g/mol. The van der Waals surface area contributed by atoms with Crippen LogP contribution in [0.25, 0.3) is 22.3 Å². The van der Waals surface area contributed by atoms with Crippen molar-refractivity contribution in [2.24, 2.45) is 0 Å². The molecule has 0 amide bonds. The molecule has 0 aliphatic carbocycles. The second-order valence-corrected chi connectivity index (χ2v) is 9.58. The molecule has 6 nitrogen and oxygen atoms in total. The van der Waals surface area contributed by atoms with E-state index in [1.165, 1.54) is 5.69 Å². The summed E-state index contributed by atoms with van der Waals surface area (Å²) in [5.74, 6) is 1.59. The highest BCUT2D eigenvalue weighted by atomic mass is 16.5. The van der Waals surface area contributed by atoms with Crippen molar-refractivity contribution in [3.63, 3.8) is 0 Å².